The van der Waals surface area contributed by atoms with Gasteiger partial charge in [0.1, 0.15) is 0 Å². The SMILES string of the molecule is CCOC1OC(C(=O)NCCCCC(=O)Nc2ccccc2N)=CC(c2ccc3c(c2)OCO3)C1CCOCCOCCO. The van der Waals surface area contributed by atoms with Gasteiger partial charge < -0.3 is 49.9 Å². The number of benzene rings is 2. The van der Waals surface area contributed by atoms with Crippen molar-refractivity contribution in [1.29, 1.82) is 0 Å². The summed E-state index contributed by atoms with van der Waals surface area (Å²) in [6.07, 6.45) is 3.26. The van der Waals surface area contributed by atoms with Crippen molar-refractivity contribution < 1.29 is 43.1 Å². The number of aliphatic hydroxyl groups excluding tert-OH is 1. The van der Waals surface area contributed by atoms with Crippen molar-refractivity contribution >= 4 is 23.2 Å². The average molecular weight is 614 g/mol. The Hall–Kier alpha value is -3.84. The third kappa shape index (κ3) is 9.58. The molecule has 0 spiro atoms. The lowest BCUT2D eigenvalue weighted by molar-refractivity contribution is -0.168. The average Bonchev–Trinajstić information content (AvgIpc) is 3.50. The highest BCUT2D eigenvalue weighted by atomic mass is 16.7. The number of nitrogen functional groups attached to an aromatic ring is 1. The van der Waals surface area contributed by atoms with Crippen molar-refractivity contribution in [3.05, 3.63) is 59.9 Å². The molecule has 240 valence electrons. The Morgan fingerprint density at radius 3 is 2.61 bits per heavy atom. The second-order valence-corrected chi connectivity index (χ2v) is 10.4. The Morgan fingerprint density at radius 2 is 1.82 bits per heavy atom. The van der Waals surface area contributed by atoms with Crippen LogP contribution in [0.5, 0.6) is 11.5 Å². The van der Waals surface area contributed by atoms with Crippen LogP contribution in [0.3, 0.4) is 0 Å². The van der Waals surface area contributed by atoms with Crippen LogP contribution in [0.25, 0.3) is 0 Å². The van der Waals surface area contributed by atoms with Gasteiger partial charge in [-0.25, -0.2) is 0 Å². The van der Waals surface area contributed by atoms with Gasteiger partial charge in [-0.15, -0.1) is 0 Å². The molecule has 2 heterocycles. The summed E-state index contributed by atoms with van der Waals surface area (Å²) in [7, 11) is 0. The monoisotopic (exact) mass is 613 g/mol. The summed E-state index contributed by atoms with van der Waals surface area (Å²) in [6.45, 7) is 4.28. The first-order valence-electron chi connectivity index (χ1n) is 15.1. The van der Waals surface area contributed by atoms with Gasteiger partial charge in [-0.2, -0.15) is 0 Å². The zero-order valence-corrected chi connectivity index (χ0v) is 25.1. The molecule has 2 aromatic carbocycles. The number of unbranched alkanes of at least 4 members (excludes halogenated alkanes) is 1. The molecule has 4 rings (SSSR count). The maximum absolute atomic E-state index is 13.2. The summed E-state index contributed by atoms with van der Waals surface area (Å²) in [5.74, 6) is 0.646. The fourth-order valence-electron chi connectivity index (χ4n) is 5.07. The lowest BCUT2D eigenvalue weighted by Crippen LogP contribution is -2.39. The Labute approximate surface area is 257 Å². The number of carbonyl (C=O) groups excluding carboxylic acids is 2. The summed E-state index contributed by atoms with van der Waals surface area (Å²) >= 11 is 0. The van der Waals surface area contributed by atoms with Gasteiger partial charge in [-0.05, 0) is 62.1 Å². The molecule has 3 unspecified atom stereocenters. The first-order valence-corrected chi connectivity index (χ1v) is 15.1. The van der Waals surface area contributed by atoms with Crippen LogP contribution in [-0.4, -0.2) is 76.2 Å². The van der Waals surface area contributed by atoms with E-state index >= 15 is 0 Å². The largest absolute Gasteiger partial charge is 0.459 e. The van der Waals surface area contributed by atoms with Crippen LogP contribution in [0.2, 0.25) is 0 Å². The van der Waals surface area contributed by atoms with Crippen LogP contribution >= 0.6 is 0 Å². The molecule has 3 atom stereocenters. The molecular formula is C32H43N3O9. The van der Waals surface area contributed by atoms with E-state index in [0.29, 0.717) is 81.5 Å². The van der Waals surface area contributed by atoms with Gasteiger partial charge in [-0.3, -0.25) is 9.59 Å². The van der Waals surface area contributed by atoms with Crippen molar-refractivity contribution in [2.24, 2.45) is 5.92 Å². The van der Waals surface area contributed by atoms with Crippen molar-refractivity contribution in [3.8, 4) is 11.5 Å². The van der Waals surface area contributed by atoms with E-state index in [9.17, 15) is 9.59 Å². The van der Waals surface area contributed by atoms with Crippen LogP contribution in [-0.2, 0) is 28.5 Å². The first kappa shape index (κ1) is 33.1. The lowest BCUT2D eigenvalue weighted by Gasteiger charge is -2.37. The Kier molecular flexibility index (Phi) is 13.1. The maximum Gasteiger partial charge on any atom is 0.286 e. The minimum Gasteiger partial charge on any atom is -0.459 e. The molecule has 0 saturated carbocycles. The Bertz CT molecular complexity index is 1260. The highest BCUT2D eigenvalue weighted by Gasteiger charge is 2.38. The topological polar surface area (TPSA) is 160 Å². The number of hydrogen-bond donors (Lipinski definition) is 4. The van der Waals surface area contributed by atoms with Crippen molar-refractivity contribution in [2.45, 2.75) is 44.8 Å². The number of para-hydroxylation sites is 2. The normalized spacial score (nSPS) is 18.8. The molecule has 0 fully saturated rings. The van der Waals surface area contributed by atoms with E-state index in [2.05, 4.69) is 10.6 Å². The van der Waals surface area contributed by atoms with E-state index in [1.807, 2.05) is 43.3 Å². The number of allylic oxidation sites excluding steroid dienone is 1. The summed E-state index contributed by atoms with van der Waals surface area (Å²) in [4.78, 5) is 25.5. The molecule has 5 N–H and O–H groups in total. The summed E-state index contributed by atoms with van der Waals surface area (Å²) in [6, 6.07) is 12.9. The first-order chi connectivity index (χ1) is 21.5. The molecule has 2 amide bonds. The maximum atomic E-state index is 13.2. The zero-order valence-electron chi connectivity index (χ0n) is 25.1. The number of nitrogens with one attached hydrogen (secondary N) is 2. The highest BCUT2D eigenvalue weighted by molar-refractivity contribution is 5.93. The number of aliphatic hydroxyl groups is 1. The minimum absolute atomic E-state index is 0.0310. The standard InChI is InChI=1S/C32H43N3O9/c1-2-41-32-23(12-15-39-17-18-40-16-14-36)24(22-10-11-27-28(19-22)43-21-42-27)20-29(44-32)31(38)34-13-6-5-9-30(37)35-26-8-4-3-7-25(26)33/h3-4,7-8,10-11,19-20,23-24,32,36H,2,5-6,9,12-18,21,33H2,1H3,(H,34,38)(H,35,37). The van der Waals surface area contributed by atoms with Crippen LogP contribution in [0.1, 0.15) is 44.1 Å². The summed E-state index contributed by atoms with van der Waals surface area (Å²) in [5, 5.41) is 14.6. The molecule has 2 aliphatic heterocycles. The zero-order chi connectivity index (χ0) is 31.1. The van der Waals surface area contributed by atoms with E-state index in [-0.39, 0.29) is 49.4 Å². The molecule has 0 aromatic heterocycles. The summed E-state index contributed by atoms with van der Waals surface area (Å²) < 4.78 is 34.3. The predicted octanol–water partition coefficient (Wildman–Crippen LogP) is 3.31. The molecule has 0 aliphatic carbocycles. The van der Waals surface area contributed by atoms with Crippen LogP contribution < -0.4 is 25.8 Å². The van der Waals surface area contributed by atoms with E-state index in [1.165, 1.54) is 0 Å². The Balaban J connectivity index is 1.36. The highest BCUT2D eigenvalue weighted by Crippen LogP contribution is 2.42. The molecule has 44 heavy (non-hydrogen) atoms. The van der Waals surface area contributed by atoms with Gasteiger partial charge in [0.25, 0.3) is 5.91 Å². The van der Waals surface area contributed by atoms with E-state index in [4.69, 9.17) is 39.3 Å². The second-order valence-electron chi connectivity index (χ2n) is 10.4. The van der Waals surface area contributed by atoms with Crippen LogP contribution in [0.4, 0.5) is 11.4 Å². The van der Waals surface area contributed by atoms with E-state index in [0.717, 1.165) is 5.56 Å². The summed E-state index contributed by atoms with van der Waals surface area (Å²) in [5.41, 5.74) is 7.93. The molecule has 12 heteroatoms. The third-order valence-corrected chi connectivity index (χ3v) is 7.28. The van der Waals surface area contributed by atoms with Gasteiger partial charge in [0.15, 0.2) is 17.3 Å². The quantitative estimate of drug-likeness (QED) is 0.145. The number of hydrogen-bond acceptors (Lipinski definition) is 10. The van der Waals surface area contributed by atoms with Gasteiger partial charge in [0.2, 0.25) is 19.0 Å². The lowest BCUT2D eigenvalue weighted by atomic mass is 9.81. The molecule has 0 radical (unpaired) electrons. The van der Waals surface area contributed by atoms with Gasteiger partial charge in [0.05, 0.1) is 37.8 Å². The van der Waals surface area contributed by atoms with Crippen LogP contribution in [0.15, 0.2) is 54.3 Å². The van der Waals surface area contributed by atoms with Crippen molar-refractivity contribution in [1.82, 2.24) is 5.32 Å². The van der Waals surface area contributed by atoms with Gasteiger partial charge in [0, 0.05) is 38.0 Å². The number of carbonyl (C=O) groups is 2. The number of fused-ring (bicyclic) bond motifs is 1. The van der Waals surface area contributed by atoms with Gasteiger partial charge in [-0.1, -0.05) is 18.2 Å². The fourth-order valence-corrected chi connectivity index (χ4v) is 5.07. The molecule has 0 saturated heterocycles. The van der Waals surface area contributed by atoms with Gasteiger partial charge >= 0.3 is 0 Å². The fraction of sp³-hybridized carbons (Fsp3) is 0.500. The molecule has 12 nitrogen and oxygen atoms in total. The van der Waals surface area contributed by atoms with E-state index < -0.39 is 6.29 Å². The number of anilines is 2. The molecule has 2 aliphatic rings. The van der Waals surface area contributed by atoms with Crippen LogP contribution in [0, 0.1) is 5.92 Å². The number of ether oxygens (including phenoxy) is 6. The molecular weight excluding hydrogens is 570 g/mol. The van der Waals surface area contributed by atoms with Crippen molar-refractivity contribution in [3.63, 3.8) is 0 Å². The number of rotatable bonds is 18. The number of amides is 2. The third-order valence-electron chi connectivity index (χ3n) is 7.28. The van der Waals surface area contributed by atoms with Crippen molar-refractivity contribution in [2.75, 3.05) is 64.0 Å². The smallest absolute Gasteiger partial charge is 0.286 e. The molecule has 0 bridgehead atoms. The minimum atomic E-state index is -0.676. The predicted molar refractivity (Wildman–Crippen MR) is 163 cm³/mol. The molecule has 2 aromatic rings. The second kappa shape index (κ2) is 17.5. The Morgan fingerprint density at radius 1 is 1.02 bits per heavy atom. The number of nitrogens with two attached hydrogens (primary N) is 1. The van der Waals surface area contributed by atoms with E-state index in [1.54, 1.807) is 12.1 Å².